The molecule has 5 atom stereocenters. The van der Waals surface area contributed by atoms with Crippen molar-refractivity contribution in [3.63, 3.8) is 0 Å². The Morgan fingerprint density at radius 1 is 0.969 bits per heavy atom. The number of rotatable bonds is 7. The third-order valence-electron chi connectivity index (χ3n) is 4.31. The number of esters is 3. The van der Waals surface area contributed by atoms with Crippen molar-refractivity contribution in [1.82, 2.24) is 15.6 Å². The lowest BCUT2D eigenvalue weighted by Crippen LogP contribution is -2.69. The first-order chi connectivity index (χ1) is 15.1. The first-order valence-corrected chi connectivity index (χ1v) is 9.69. The number of ether oxygens (including phenoxy) is 4. The summed E-state index contributed by atoms with van der Waals surface area (Å²) in [5.74, 6) is -3.18. The van der Waals surface area contributed by atoms with Gasteiger partial charge in [0.15, 0.2) is 18.4 Å². The van der Waals surface area contributed by atoms with E-state index >= 15 is 0 Å². The highest BCUT2D eigenvalue weighted by Crippen LogP contribution is 2.26. The summed E-state index contributed by atoms with van der Waals surface area (Å²) < 4.78 is 21.5. The van der Waals surface area contributed by atoms with Gasteiger partial charge in [0.1, 0.15) is 18.8 Å². The predicted octanol–water partition coefficient (Wildman–Crippen LogP) is -0.532. The number of nitrogens with one attached hydrogen (secondary N) is 2. The van der Waals surface area contributed by atoms with E-state index < -0.39 is 60.3 Å². The Morgan fingerprint density at radius 2 is 1.62 bits per heavy atom. The Labute approximate surface area is 183 Å². The smallest absolute Gasteiger partial charge is 0.303 e. The van der Waals surface area contributed by atoms with Crippen LogP contribution in [0.1, 0.15) is 38.1 Å². The quantitative estimate of drug-likeness (QED) is 0.407. The summed E-state index contributed by atoms with van der Waals surface area (Å²) in [6, 6.07) is 1.94. The van der Waals surface area contributed by atoms with E-state index in [0.717, 1.165) is 13.8 Å². The van der Waals surface area contributed by atoms with Gasteiger partial charge >= 0.3 is 17.9 Å². The van der Waals surface area contributed by atoms with E-state index in [1.165, 1.54) is 32.3 Å². The van der Waals surface area contributed by atoms with Crippen LogP contribution in [0.2, 0.25) is 0 Å². The Kier molecular flexibility index (Phi) is 8.64. The SMILES string of the molecule is CC(=O)N[C@@H]1[C@@H](OC(C)=O)[C@H](OC(C)=O)[C@@H](COC(C)=O)O[C@H]1NC(=O)c1cccnc1. The van der Waals surface area contributed by atoms with E-state index in [9.17, 15) is 24.0 Å². The lowest BCUT2D eigenvalue weighted by molar-refractivity contribution is -0.226. The van der Waals surface area contributed by atoms with E-state index in [-0.39, 0.29) is 12.2 Å². The van der Waals surface area contributed by atoms with Crippen LogP contribution in [0.5, 0.6) is 0 Å². The molecule has 32 heavy (non-hydrogen) atoms. The molecule has 2 heterocycles. The van der Waals surface area contributed by atoms with Gasteiger partial charge in [-0.1, -0.05) is 0 Å². The van der Waals surface area contributed by atoms with Crippen LogP contribution in [-0.4, -0.2) is 71.9 Å². The van der Waals surface area contributed by atoms with Crippen molar-refractivity contribution >= 4 is 29.7 Å². The third kappa shape index (κ3) is 7.01. The van der Waals surface area contributed by atoms with Crippen LogP contribution in [-0.2, 0) is 38.1 Å². The zero-order chi connectivity index (χ0) is 23.8. The topological polar surface area (TPSA) is 159 Å². The molecule has 12 heteroatoms. The van der Waals surface area contributed by atoms with Crippen molar-refractivity contribution in [1.29, 1.82) is 0 Å². The maximum absolute atomic E-state index is 12.7. The maximum Gasteiger partial charge on any atom is 0.303 e. The van der Waals surface area contributed by atoms with Gasteiger partial charge in [-0.15, -0.1) is 0 Å². The monoisotopic (exact) mass is 451 g/mol. The number of amides is 2. The largest absolute Gasteiger partial charge is 0.463 e. The molecule has 0 unspecified atom stereocenters. The zero-order valence-corrected chi connectivity index (χ0v) is 18.0. The van der Waals surface area contributed by atoms with Gasteiger partial charge in [-0.2, -0.15) is 0 Å². The lowest BCUT2D eigenvalue weighted by atomic mass is 9.95. The molecule has 1 aromatic rings. The highest BCUT2D eigenvalue weighted by Gasteiger charge is 2.51. The van der Waals surface area contributed by atoms with Gasteiger partial charge in [-0.25, -0.2) is 0 Å². The number of hydrogen-bond acceptors (Lipinski definition) is 10. The van der Waals surface area contributed by atoms with Crippen molar-refractivity contribution in [3.05, 3.63) is 30.1 Å². The Bertz CT molecular complexity index is 861. The highest BCUT2D eigenvalue weighted by molar-refractivity contribution is 5.94. The summed E-state index contributed by atoms with van der Waals surface area (Å²) in [7, 11) is 0. The van der Waals surface area contributed by atoms with E-state index in [0.29, 0.717) is 0 Å². The minimum absolute atomic E-state index is 0.209. The highest BCUT2D eigenvalue weighted by atomic mass is 16.6. The molecule has 1 aromatic heterocycles. The van der Waals surface area contributed by atoms with Crippen molar-refractivity contribution in [2.24, 2.45) is 0 Å². The number of hydrogen-bond donors (Lipinski definition) is 2. The van der Waals surface area contributed by atoms with E-state index in [4.69, 9.17) is 18.9 Å². The molecule has 0 radical (unpaired) electrons. The van der Waals surface area contributed by atoms with Gasteiger partial charge in [-0.3, -0.25) is 29.0 Å². The molecule has 0 aliphatic carbocycles. The normalized spacial score (nSPS) is 24.6. The Balaban J connectivity index is 2.42. The third-order valence-corrected chi connectivity index (χ3v) is 4.31. The van der Waals surface area contributed by atoms with Gasteiger partial charge in [0, 0.05) is 40.1 Å². The average Bonchev–Trinajstić information content (AvgIpc) is 2.70. The second-order valence-corrected chi connectivity index (χ2v) is 6.99. The first-order valence-electron chi connectivity index (χ1n) is 9.69. The minimum Gasteiger partial charge on any atom is -0.463 e. The summed E-state index contributed by atoms with van der Waals surface area (Å²) in [6.45, 7) is 4.30. The molecule has 2 N–H and O–H groups in total. The van der Waals surface area contributed by atoms with Crippen molar-refractivity contribution < 1.29 is 42.9 Å². The molecule has 0 saturated carbocycles. The van der Waals surface area contributed by atoms with Crippen LogP contribution in [0.25, 0.3) is 0 Å². The molecule has 0 aromatic carbocycles. The molecule has 0 spiro atoms. The summed E-state index contributed by atoms with van der Waals surface area (Å²) in [6.07, 6.45) is -2.02. The van der Waals surface area contributed by atoms with Crippen molar-refractivity contribution in [3.8, 4) is 0 Å². The number of carbonyl (C=O) groups is 5. The van der Waals surface area contributed by atoms with Crippen LogP contribution >= 0.6 is 0 Å². The Morgan fingerprint density at radius 3 is 2.16 bits per heavy atom. The minimum atomic E-state index is -1.26. The molecular formula is C20H25N3O9. The fraction of sp³-hybridized carbons (Fsp3) is 0.500. The van der Waals surface area contributed by atoms with Gasteiger partial charge in [0.05, 0.1) is 5.56 Å². The molecule has 2 rings (SSSR count). The fourth-order valence-electron chi connectivity index (χ4n) is 3.16. The first kappa shape index (κ1) is 24.7. The molecule has 12 nitrogen and oxygen atoms in total. The Hall–Kier alpha value is -3.54. The summed E-state index contributed by atoms with van der Waals surface area (Å²) in [4.78, 5) is 63.3. The summed E-state index contributed by atoms with van der Waals surface area (Å²) >= 11 is 0. The van der Waals surface area contributed by atoms with E-state index in [2.05, 4.69) is 15.6 Å². The molecule has 1 saturated heterocycles. The van der Waals surface area contributed by atoms with Gasteiger partial charge in [0.2, 0.25) is 5.91 Å². The molecule has 2 amide bonds. The fourth-order valence-corrected chi connectivity index (χ4v) is 3.16. The second-order valence-electron chi connectivity index (χ2n) is 6.99. The van der Waals surface area contributed by atoms with Gasteiger partial charge < -0.3 is 29.6 Å². The average molecular weight is 451 g/mol. The van der Waals surface area contributed by atoms with Crippen LogP contribution in [0, 0.1) is 0 Å². The molecule has 0 bridgehead atoms. The van der Waals surface area contributed by atoms with Crippen LogP contribution in [0.3, 0.4) is 0 Å². The number of pyridine rings is 1. The standard InChI is InChI=1S/C20H25N3O9/c1-10(24)22-16-18(31-13(4)27)17(30-12(3)26)15(9-29-11(2)25)32-20(16)23-19(28)14-6-5-7-21-8-14/h5-8,15-18,20H,9H2,1-4H3,(H,22,24)(H,23,28)/t15-,16-,17-,18-,20-/m1/s1. The van der Waals surface area contributed by atoms with Crippen molar-refractivity contribution in [2.75, 3.05) is 6.61 Å². The van der Waals surface area contributed by atoms with Crippen LogP contribution in [0.4, 0.5) is 0 Å². The van der Waals surface area contributed by atoms with E-state index in [1.54, 1.807) is 6.07 Å². The van der Waals surface area contributed by atoms with Crippen LogP contribution < -0.4 is 10.6 Å². The summed E-state index contributed by atoms with van der Waals surface area (Å²) in [5, 5.41) is 5.16. The maximum atomic E-state index is 12.7. The lowest BCUT2D eigenvalue weighted by Gasteiger charge is -2.45. The molecular weight excluding hydrogens is 426 g/mol. The number of nitrogens with zero attached hydrogens (tertiary/aromatic N) is 1. The van der Waals surface area contributed by atoms with Gasteiger partial charge in [0.25, 0.3) is 5.91 Å². The number of carbonyl (C=O) groups excluding carboxylic acids is 5. The molecule has 1 aliphatic rings. The van der Waals surface area contributed by atoms with E-state index in [1.807, 2.05) is 0 Å². The summed E-state index contributed by atoms with van der Waals surface area (Å²) in [5.41, 5.74) is 0.209. The van der Waals surface area contributed by atoms with Crippen molar-refractivity contribution in [2.45, 2.75) is 58.3 Å². The second kappa shape index (κ2) is 11.2. The van der Waals surface area contributed by atoms with Crippen LogP contribution in [0.15, 0.2) is 24.5 Å². The molecule has 1 aliphatic heterocycles. The van der Waals surface area contributed by atoms with Gasteiger partial charge in [-0.05, 0) is 12.1 Å². The molecule has 1 fully saturated rings. The zero-order valence-electron chi connectivity index (χ0n) is 18.0. The number of aromatic nitrogens is 1. The molecule has 174 valence electrons. The predicted molar refractivity (Wildman–Crippen MR) is 106 cm³/mol.